The van der Waals surface area contributed by atoms with Crippen molar-refractivity contribution in [2.45, 2.75) is 84.1 Å². The lowest BCUT2D eigenvalue weighted by Crippen LogP contribution is -2.44. The monoisotopic (exact) mass is 350 g/mol. The Morgan fingerprint density at radius 2 is 1.09 bits per heavy atom. The third-order valence-electron chi connectivity index (χ3n) is 3.93. The van der Waals surface area contributed by atoms with Crippen LogP contribution in [-0.2, 0) is 13.3 Å². The maximum atomic E-state index is 5.80. The number of hydrogen-bond acceptors (Lipinski definition) is 4. The molecular weight excluding hydrogens is 312 g/mol. The summed E-state index contributed by atoms with van der Waals surface area (Å²) >= 11 is 4.24. The van der Waals surface area contributed by atoms with Gasteiger partial charge in [-0.1, -0.05) is 51.4 Å². The lowest BCUT2D eigenvalue weighted by molar-refractivity contribution is 0.0859. The quantitative estimate of drug-likeness (QED) is 0.214. The summed E-state index contributed by atoms with van der Waals surface area (Å²) in [5.74, 6) is 1.04. The molecule has 5 heteroatoms. The maximum Gasteiger partial charge on any atom is 0.500 e. The second-order valence-electron chi connectivity index (χ2n) is 5.76. The zero-order valence-electron chi connectivity index (χ0n) is 15.1. The van der Waals surface area contributed by atoms with Gasteiger partial charge in [0, 0.05) is 26.4 Å². The van der Waals surface area contributed by atoms with Crippen LogP contribution in [0.1, 0.15) is 78.1 Å². The maximum absolute atomic E-state index is 5.80. The van der Waals surface area contributed by atoms with Crippen molar-refractivity contribution >= 4 is 21.4 Å². The van der Waals surface area contributed by atoms with E-state index in [1.165, 1.54) is 57.8 Å². The Hall–Kier alpha value is 0.447. The van der Waals surface area contributed by atoms with Crippen LogP contribution in [0.4, 0.5) is 0 Å². The van der Waals surface area contributed by atoms with Gasteiger partial charge in [-0.3, -0.25) is 0 Å². The van der Waals surface area contributed by atoms with Crippen LogP contribution in [0.2, 0.25) is 6.04 Å². The van der Waals surface area contributed by atoms with E-state index in [4.69, 9.17) is 13.3 Å². The molecule has 0 fully saturated rings. The Morgan fingerprint density at radius 3 is 1.45 bits per heavy atom. The molecule has 0 heterocycles. The zero-order chi connectivity index (χ0) is 16.5. The van der Waals surface area contributed by atoms with Gasteiger partial charge >= 0.3 is 8.80 Å². The van der Waals surface area contributed by atoms with E-state index in [0.717, 1.165) is 18.2 Å². The first kappa shape index (κ1) is 22.4. The van der Waals surface area contributed by atoms with Crippen LogP contribution in [-0.4, -0.2) is 34.9 Å². The minimum atomic E-state index is -2.37. The molecule has 0 aliphatic rings. The molecular formula is C17H38O3SSi. The van der Waals surface area contributed by atoms with Gasteiger partial charge in [-0.15, -0.1) is 0 Å². The van der Waals surface area contributed by atoms with Gasteiger partial charge in [0.2, 0.25) is 0 Å². The fraction of sp³-hybridized carbons (Fsp3) is 1.00. The van der Waals surface area contributed by atoms with Crippen LogP contribution in [0.15, 0.2) is 0 Å². The molecule has 0 amide bonds. The van der Waals surface area contributed by atoms with E-state index in [0.29, 0.717) is 13.2 Å². The Balaban J connectivity index is 3.53. The average molecular weight is 351 g/mol. The van der Waals surface area contributed by atoms with E-state index in [1.807, 2.05) is 13.8 Å². The number of unbranched alkanes of at least 4 members (excludes halogenated alkanes) is 9. The van der Waals surface area contributed by atoms with Crippen LogP contribution in [0, 0.1) is 0 Å². The minimum absolute atomic E-state index is 0.674. The van der Waals surface area contributed by atoms with Gasteiger partial charge in [-0.2, -0.15) is 12.6 Å². The molecule has 0 radical (unpaired) electrons. The summed E-state index contributed by atoms with van der Waals surface area (Å²) in [4.78, 5) is 0. The molecule has 22 heavy (non-hydrogen) atoms. The summed E-state index contributed by atoms with van der Waals surface area (Å²) in [6.45, 7) is 5.37. The van der Waals surface area contributed by atoms with Crippen LogP contribution < -0.4 is 0 Å². The molecule has 0 aromatic carbocycles. The van der Waals surface area contributed by atoms with Crippen LogP contribution in [0.25, 0.3) is 0 Å². The first-order valence-corrected chi connectivity index (χ1v) is 11.7. The lowest BCUT2D eigenvalue weighted by Gasteiger charge is -2.27. The van der Waals surface area contributed by atoms with Gasteiger partial charge in [0.25, 0.3) is 0 Å². The molecule has 0 aromatic rings. The zero-order valence-corrected chi connectivity index (χ0v) is 17.0. The number of hydrogen-bond donors (Lipinski definition) is 1. The highest BCUT2D eigenvalue weighted by atomic mass is 32.1. The molecule has 0 N–H and O–H groups in total. The SMILES string of the molecule is CCO[Si](CCCCCCCCCCCCS)(OC)OCC. The molecule has 0 rings (SSSR count). The first-order chi connectivity index (χ1) is 10.7. The van der Waals surface area contributed by atoms with Crippen molar-refractivity contribution in [2.75, 3.05) is 26.1 Å². The Kier molecular flexibility index (Phi) is 16.6. The van der Waals surface area contributed by atoms with Crippen LogP contribution in [0.5, 0.6) is 0 Å². The standard InChI is InChI=1S/C17H38O3SSi/c1-4-19-22(18-3,20-5-2)17-15-13-11-9-7-6-8-10-12-14-16-21/h21H,4-17H2,1-3H3. The smallest absolute Gasteiger partial charge is 0.377 e. The van der Waals surface area contributed by atoms with Crippen molar-refractivity contribution in [3.63, 3.8) is 0 Å². The highest BCUT2D eigenvalue weighted by Gasteiger charge is 2.38. The molecule has 0 saturated heterocycles. The van der Waals surface area contributed by atoms with E-state index < -0.39 is 8.80 Å². The Labute approximate surface area is 145 Å². The molecule has 134 valence electrons. The summed E-state index contributed by atoms with van der Waals surface area (Å²) in [6, 6.07) is 0.953. The van der Waals surface area contributed by atoms with Gasteiger partial charge in [0.15, 0.2) is 0 Å². The molecule has 0 aliphatic heterocycles. The van der Waals surface area contributed by atoms with Crippen molar-refractivity contribution in [3.8, 4) is 0 Å². The minimum Gasteiger partial charge on any atom is -0.377 e. The summed E-state index contributed by atoms with van der Waals surface area (Å²) in [5, 5.41) is 0. The van der Waals surface area contributed by atoms with E-state index in [2.05, 4.69) is 12.6 Å². The Bertz CT molecular complexity index is 224. The number of rotatable bonds is 17. The Morgan fingerprint density at radius 1 is 0.682 bits per heavy atom. The average Bonchev–Trinajstić information content (AvgIpc) is 2.53. The van der Waals surface area contributed by atoms with Crippen LogP contribution in [0.3, 0.4) is 0 Å². The second kappa shape index (κ2) is 16.3. The third-order valence-corrected chi connectivity index (χ3v) is 7.29. The molecule has 0 spiro atoms. The van der Waals surface area contributed by atoms with Gasteiger partial charge in [-0.25, -0.2) is 0 Å². The van der Waals surface area contributed by atoms with Gasteiger partial charge in [-0.05, 0) is 32.4 Å². The summed E-state index contributed by atoms with van der Waals surface area (Å²) in [7, 11) is -0.642. The van der Waals surface area contributed by atoms with Gasteiger partial charge in [0.1, 0.15) is 0 Å². The highest BCUT2D eigenvalue weighted by molar-refractivity contribution is 7.80. The first-order valence-electron chi connectivity index (χ1n) is 9.18. The molecule has 0 aromatic heterocycles. The molecule has 0 saturated carbocycles. The summed E-state index contributed by atoms with van der Waals surface area (Å²) < 4.78 is 17.2. The molecule has 0 bridgehead atoms. The molecule has 0 aliphatic carbocycles. The van der Waals surface area contributed by atoms with Gasteiger partial charge < -0.3 is 13.3 Å². The second-order valence-corrected chi connectivity index (χ2v) is 9.06. The van der Waals surface area contributed by atoms with Crippen LogP contribution >= 0.6 is 12.6 Å². The summed E-state index contributed by atoms with van der Waals surface area (Å²) in [5.41, 5.74) is 0. The van der Waals surface area contributed by atoms with Gasteiger partial charge in [0.05, 0.1) is 0 Å². The molecule has 0 atom stereocenters. The normalized spacial score (nSPS) is 12.0. The van der Waals surface area contributed by atoms with Crippen molar-refractivity contribution in [2.24, 2.45) is 0 Å². The van der Waals surface area contributed by atoms with E-state index in [1.54, 1.807) is 7.11 Å². The van der Waals surface area contributed by atoms with Crippen molar-refractivity contribution < 1.29 is 13.3 Å². The molecule has 3 nitrogen and oxygen atoms in total. The summed E-state index contributed by atoms with van der Waals surface area (Å²) in [6.07, 6.45) is 13.3. The largest absolute Gasteiger partial charge is 0.500 e. The highest BCUT2D eigenvalue weighted by Crippen LogP contribution is 2.20. The van der Waals surface area contributed by atoms with Crippen molar-refractivity contribution in [3.05, 3.63) is 0 Å². The van der Waals surface area contributed by atoms with E-state index in [-0.39, 0.29) is 0 Å². The topological polar surface area (TPSA) is 27.7 Å². The van der Waals surface area contributed by atoms with E-state index in [9.17, 15) is 0 Å². The predicted octanol–water partition coefficient (Wildman–Crippen LogP) is 5.48. The molecule has 0 unspecified atom stereocenters. The number of thiol groups is 1. The third kappa shape index (κ3) is 11.9. The fourth-order valence-corrected chi connectivity index (χ4v) is 5.31. The predicted molar refractivity (Wildman–Crippen MR) is 101 cm³/mol. The van der Waals surface area contributed by atoms with Crippen molar-refractivity contribution in [1.29, 1.82) is 0 Å². The van der Waals surface area contributed by atoms with Crippen molar-refractivity contribution in [1.82, 2.24) is 0 Å². The lowest BCUT2D eigenvalue weighted by atomic mass is 10.1. The fourth-order valence-electron chi connectivity index (χ4n) is 2.71. The van der Waals surface area contributed by atoms with E-state index >= 15 is 0 Å².